The first-order valence-corrected chi connectivity index (χ1v) is 7.58. The van der Waals surface area contributed by atoms with E-state index in [9.17, 15) is 4.79 Å². The normalized spacial score (nSPS) is 13.4. The smallest absolute Gasteiger partial charge is 0.255 e. The molecule has 120 valence electrons. The van der Waals surface area contributed by atoms with Crippen LogP contribution in [0.4, 0.5) is 0 Å². The molecule has 2 heterocycles. The summed E-state index contributed by atoms with van der Waals surface area (Å²) in [6.07, 6.45) is 2.45. The molecule has 1 aliphatic heterocycles. The average molecular weight is 312 g/mol. The van der Waals surface area contributed by atoms with Crippen LogP contribution in [-0.2, 0) is 13.0 Å². The number of carbonyl (C=O) groups excluding carboxylic acids is 1. The summed E-state index contributed by atoms with van der Waals surface area (Å²) in [5, 5.41) is 0. The molecule has 5 heteroatoms. The lowest BCUT2D eigenvalue weighted by molar-refractivity contribution is 0.0734. The number of aromatic nitrogens is 1. The summed E-state index contributed by atoms with van der Waals surface area (Å²) in [6.45, 7) is 3.17. The van der Waals surface area contributed by atoms with E-state index in [-0.39, 0.29) is 5.91 Å². The van der Waals surface area contributed by atoms with Crippen molar-refractivity contribution in [3.05, 3.63) is 52.8 Å². The summed E-state index contributed by atoms with van der Waals surface area (Å²) in [5.41, 5.74) is 3.83. The molecule has 1 aliphatic rings. The number of carbonyl (C=O) groups is 1. The molecule has 0 aliphatic carbocycles. The van der Waals surface area contributed by atoms with E-state index in [0.29, 0.717) is 24.4 Å². The maximum atomic E-state index is 12.6. The maximum Gasteiger partial charge on any atom is 0.255 e. The molecule has 0 saturated heterocycles. The van der Waals surface area contributed by atoms with Gasteiger partial charge in [0.2, 0.25) is 0 Å². The van der Waals surface area contributed by atoms with Crippen molar-refractivity contribution in [3.63, 3.8) is 0 Å². The highest BCUT2D eigenvalue weighted by atomic mass is 16.5. The van der Waals surface area contributed by atoms with Crippen LogP contribution in [0.5, 0.6) is 11.5 Å². The first-order chi connectivity index (χ1) is 11.1. The minimum Gasteiger partial charge on any atom is -0.493 e. The number of rotatable bonds is 3. The Balaban J connectivity index is 1.84. The molecular weight excluding hydrogens is 292 g/mol. The number of amides is 1. The summed E-state index contributed by atoms with van der Waals surface area (Å²) >= 11 is 0. The molecule has 0 spiro atoms. The molecule has 0 bridgehead atoms. The number of ether oxygens (including phenoxy) is 2. The first-order valence-electron chi connectivity index (χ1n) is 7.58. The molecule has 1 aromatic carbocycles. The van der Waals surface area contributed by atoms with Crippen molar-refractivity contribution in [2.45, 2.75) is 19.9 Å². The highest BCUT2D eigenvalue weighted by molar-refractivity contribution is 5.94. The molecular formula is C18H20N2O3. The van der Waals surface area contributed by atoms with E-state index in [1.165, 1.54) is 5.56 Å². The van der Waals surface area contributed by atoms with Crippen molar-refractivity contribution in [1.82, 2.24) is 9.88 Å². The van der Waals surface area contributed by atoms with Crippen molar-refractivity contribution < 1.29 is 14.3 Å². The predicted molar refractivity (Wildman–Crippen MR) is 87.0 cm³/mol. The Morgan fingerprint density at radius 1 is 1.13 bits per heavy atom. The summed E-state index contributed by atoms with van der Waals surface area (Å²) in [7, 11) is 3.25. The molecule has 2 aromatic rings. The number of benzene rings is 1. The topological polar surface area (TPSA) is 51.7 Å². The number of aryl methyl sites for hydroxylation is 1. The van der Waals surface area contributed by atoms with E-state index in [1.807, 2.05) is 36.1 Å². The number of methoxy groups -OCH3 is 2. The first kappa shape index (κ1) is 15.3. The highest BCUT2D eigenvalue weighted by Crippen LogP contribution is 2.33. The van der Waals surface area contributed by atoms with E-state index in [2.05, 4.69) is 4.98 Å². The minimum absolute atomic E-state index is 0.0120. The van der Waals surface area contributed by atoms with E-state index in [0.717, 1.165) is 23.4 Å². The van der Waals surface area contributed by atoms with Gasteiger partial charge in [-0.05, 0) is 48.7 Å². The van der Waals surface area contributed by atoms with Gasteiger partial charge < -0.3 is 14.4 Å². The fraction of sp³-hybridized carbons (Fsp3) is 0.333. The third-order valence-electron chi connectivity index (χ3n) is 4.16. The molecule has 1 amide bonds. The number of pyridine rings is 1. The van der Waals surface area contributed by atoms with E-state index < -0.39 is 0 Å². The molecule has 3 rings (SSSR count). The van der Waals surface area contributed by atoms with Crippen LogP contribution in [0, 0.1) is 6.92 Å². The van der Waals surface area contributed by atoms with Crippen LogP contribution in [0.3, 0.4) is 0 Å². The highest BCUT2D eigenvalue weighted by Gasteiger charge is 2.23. The van der Waals surface area contributed by atoms with Crippen LogP contribution in [-0.4, -0.2) is 36.6 Å². The monoisotopic (exact) mass is 312 g/mol. The predicted octanol–water partition coefficient (Wildman–Crippen LogP) is 2.61. The summed E-state index contributed by atoms with van der Waals surface area (Å²) in [4.78, 5) is 18.7. The summed E-state index contributed by atoms with van der Waals surface area (Å²) < 4.78 is 10.7. The number of nitrogens with zero attached hydrogens (tertiary/aromatic N) is 2. The van der Waals surface area contributed by atoms with Crippen LogP contribution in [0.2, 0.25) is 0 Å². The SMILES string of the molecule is COc1cc2c(cc1OC)CN(C(=O)c1ccc(C)nc1)CC2. The van der Waals surface area contributed by atoms with Crippen molar-refractivity contribution in [2.75, 3.05) is 20.8 Å². The van der Waals surface area contributed by atoms with Crippen molar-refractivity contribution in [2.24, 2.45) is 0 Å². The fourth-order valence-corrected chi connectivity index (χ4v) is 2.83. The second-order valence-corrected chi connectivity index (χ2v) is 5.64. The lowest BCUT2D eigenvalue weighted by atomic mass is 9.98. The Labute approximate surface area is 135 Å². The largest absolute Gasteiger partial charge is 0.493 e. The van der Waals surface area contributed by atoms with Gasteiger partial charge in [0.15, 0.2) is 11.5 Å². The Bertz CT molecular complexity index is 726. The zero-order valence-electron chi connectivity index (χ0n) is 13.6. The van der Waals surface area contributed by atoms with Gasteiger partial charge >= 0.3 is 0 Å². The molecule has 0 saturated carbocycles. The Morgan fingerprint density at radius 3 is 2.43 bits per heavy atom. The van der Waals surface area contributed by atoms with E-state index in [1.54, 1.807) is 20.4 Å². The van der Waals surface area contributed by atoms with Crippen LogP contribution in [0.15, 0.2) is 30.5 Å². The van der Waals surface area contributed by atoms with Crippen LogP contribution < -0.4 is 9.47 Å². The van der Waals surface area contributed by atoms with Crippen LogP contribution in [0.1, 0.15) is 27.2 Å². The van der Waals surface area contributed by atoms with Gasteiger partial charge in [-0.2, -0.15) is 0 Å². The lowest BCUT2D eigenvalue weighted by Crippen LogP contribution is -2.36. The van der Waals surface area contributed by atoms with Gasteiger partial charge in [-0.25, -0.2) is 0 Å². The fourth-order valence-electron chi connectivity index (χ4n) is 2.83. The average Bonchev–Trinajstić information content (AvgIpc) is 2.60. The van der Waals surface area contributed by atoms with E-state index in [4.69, 9.17) is 9.47 Å². The third kappa shape index (κ3) is 2.99. The van der Waals surface area contributed by atoms with Gasteiger partial charge in [0, 0.05) is 25.0 Å². The van der Waals surface area contributed by atoms with Gasteiger partial charge in [0.25, 0.3) is 5.91 Å². The molecule has 5 nitrogen and oxygen atoms in total. The zero-order chi connectivity index (χ0) is 16.4. The summed E-state index contributed by atoms with van der Waals surface area (Å²) in [5.74, 6) is 1.43. The van der Waals surface area contributed by atoms with Gasteiger partial charge in [-0.15, -0.1) is 0 Å². The molecule has 23 heavy (non-hydrogen) atoms. The minimum atomic E-state index is 0.0120. The van der Waals surface area contributed by atoms with Crippen molar-refractivity contribution >= 4 is 5.91 Å². The number of hydrogen-bond donors (Lipinski definition) is 0. The van der Waals surface area contributed by atoms with Gasteiger partial charge in [-0.1, -0.05) is 0 Å². The Kier molecular flexibility index (Phi) is 4.19. The molecule has 0 N–H and O–H groups in total. The second kappa shape index (κ2) is 6.28. The quantitative estimate of drug-likeness (QED) is 0.874. The molecule has 0 atom stereocenters. The second-order valence-electron chi connectivity index (χ2n) is 5.64. The van der Waals surface area contributed by atoms with E-state index >= 15 is 0 Å². The summed E-state index contributed by atoms with van der Waals surface area (Å²) in [6, 6.07) is 7.65. The Morgan fingerprint density at radius 2 is 1.83 bits per heavy atom. The van der Waals surface area contributed by atoms with Crippen LogP contribution >= 0.6 is 0 Å². The standard InChI is InChI=1S/C18H20N2O3/c1-12-4-5-14(10-19-12)18(21)20-7-6-13-8-16(22-2)17(23-3)9-15(13)11-20/h4-5,8-10H,6-7,11H2,1-3H3. The molecule has 0 radical (unpaired) electrons. The number of hydrogen-bond acceptors (Lipinski definition) is 4. The van der Waals surface area contributed by atoms with Gasteiger partial charge in [0.05, 0.1) is 19.8 Å². The van der Waals surface area contributed by atoms with Gasteiger partial charge in [-0.3, -0.25) is 9.78 Å². The molecule has 0 fully saturated rings. The molecule has 0 unspecified atom stereocenters. The van der Waals surface area contributed by atoms with Crippen LogP contribution in [0.25, 0.3) is 0 Å². The van der Waals surface area contributed by atoms with Gasteiger partial charge in [0.1, 0.15) is 0 Å². The molecule has 1 aromatic heterocycles. The van der Waals surface area contributed by atoms with Crippen molar-refractivity contribution in [3.8, 4) is 11.5 Å². The number of fused-ring (bicyclic) bond motifs is 1. The maximum absolute atomic E-state index is 12.6. The third-order valence-corrected chi connectivity index (χ3v) is 4.16. The zero-order valence-corrected chi connectivity index (χ0v) is 13.6. The van der Waals surface area contributed by atoms with Crippen molar-refractivity contribution in [1.29, 1.82) is 0 Å². The lowest BCUT2D eigenvalue weighted by Gasteiger charge is -2.29. The Hall–Kier alpha value is -2.56.